The first-order valence-corrected chi connectivity index (χ1v) is 4.33. The molecule has 0 atom stereocenters. The van der Waals surface area contributed by atoms with Crippen molar-refractivity contribution >= 4 is 0 Å². The molecular weight excluding hydrogens is 174 g/mol. The summed E-state index contributed by atoms with van der Waals surface area (Å²) in [7, 11) is 0. The summed E-state index contributed by atoms with van der Waals surface area (Å²) in [6.07, 6.45) is 3.78. The molecular formula is C11H9N3. The molecule has 0 saturated heterocycles. The molecule has 2 aromatic rings. The fraction of sp³-hybridized carbons (Fsp3) is 0.0909. The van der Waals surface area contributed by atoms with E-state index in [0.717, 1.165) is 11.3 Å². The minimum atomic E-state index is 0.714. The molecule has 0 amide bonds. The average molecular weight is 183 g/mol. The maximum atomic E-state index is 8.75. The van der Waals surface area contributed by atoms with Crippen molar-refractivity contribution in [2.24, 2.45) is 0 Å². The van der Waals surface area contributed by atoms with Crippen molar-refractivity contribution in [2.75, 3.05) is 0 Å². The lowest BCUT2D eigenvalue weighted by atomic mass is 10.2. The van der Waals surface area contributed by atoms with Crippen LogP contribution in [0, 0.1) is 18.4 Å². The smallest absolute Gasteiger partial charge is 0.189 e. The Morgan fingerprint density at radius 3 is 2.57 bits per heavy atom. The number of hydrogen-bond acceptors (Lipinski definition) is 2. The maximum Gasteiger partial charge on any atom is 0.189 e. The number of nitrogens with zero attached hydrogens (tertiary/aromatic N) is 3. The van der Waals surface area contributed by atoms with Gasteiger partial charge >= 0.3 is 0 Å². The van der Waals surface area contributed by atoms with Gasteiger partial charge < -0.3 is 0 Å². The van der Waals surface area contributed by atoms with Crippen LogP contribution in [0.25, 0.3) is 11.3 Å². The van der Waals surface area contributed by atoms with Crippen molar-refractivity contribution in [3.63, 3.8) is 0 Å². The number of nitriles is 1. The van der Waals surface area contributed by atoms with Crippen LogP contribution >= 0.6 is 0 Å². The number of hydrogen-bond donors (Lipinski definition) is 0. The highest BCUT2D eigenvalue weighted by Gasteiger charge is 2.04. The molecule has 2 rings (SSSR count). The maximum absolute atomic E-state index is 8.75. The van der Waals surface area contributed by atoms with Crippen LogP contribution in [0.5, 0.6) is 0 Å². The Balaban J connectivity index is 2.50. The van der Waals surface area contributed by atoms with Gasteiger partial charge in [0.05, 0.1) is 5.69 Å². The Morgan fingerprint density at radius 2 is 2.00 bits per heavy atom. The lowest BCUT2D eigenvalue weighted by molar-refractivity contribution is 0.992. The Morgan fingerprint density at radius 1 is 1.29 bits per heavy atom. The van der Waals surface area contributed by atoms with Crippen molar-refractivity contribution in [2.45, 2.75) is 6.92 Å². The second-order valence-electron chi connectivity index (χ2n) is 3.01. The van der Waals surface area contributed by atoms with E-state index in [0.29, 0.717) is 5.82 Å². The lowest BCUT2D eigenvalue weighted by Crippen LogP contribution is -1.87. The van der Waals surface area contributed by atoms with E-state index in [9.17, 15) is 0 Å². The molecule has 0 bridgehead atoms. The highest BCUT2D eigenvalue weighted by atomic mass is 15.1. The predicted octanol–water partition coefficient (Wildman–Crippen LogP) is 2.19. The van der Waals surface area contributed by atoms with Gasteiger partial charge in [-0.25, -0.2) is 9.55 Å². The van der Waals surface area contributed by atoms with Gasteiger partial charge in [-0.05, 0) is 6.92 Å². The first kappa shape index (κ1) is 8.52. The molecule has 0 aliphatic heterocycles. The second-order valence-corrected chi connectivity index (χ2v) is 3.01. The molecule has 0 unspecified atom stereocenters. The van der Waals surface area contributed by atoms with E-state index in [1.54, 1.807) is 6.20 Å². The summed E-state index contributed by atoms with van der Waals surface area (Å²) in [5.41, 5.74) is 1.87. The number of imidazole rings is 1. The molecule has 1 aromatic heterocycles. The Labute approximate surface area is 82.2 Å². The van der Waals surface area contributed by atoms with E-state index in [1.807, 2.05) is 43.4 Å². The van der Waals surface area contributed by atoms with E-state index in [1.165, 1.54) is 4.57 Å². The van der Waals surface area contributed by atoms with Crippen molar-refractivity contribution in [3.05, 3.63) is 42.4 Å². The van der Waals surface area contributed by atoms with Crippen LogP contribution < -0.4 is 0 Å². The van der Waals surface area contributed by atoms with E-state index in [2.05, 4.69) is 4.98 Å². The zero-order chi connectivity index (χ0) is 9.97. The molecule has 0 N–H and O–H groups in total. The van der Waals surface area contributed by atoms with E-state index < -0.39 is 0 Å². The third-order valence-corrected chi connectivity index (χ3v) is 2.06. The first-order valence-electron chi connectivity index (χ1n) is 4.33. The minimum Gasteiger partial charge on any atom is -0.240 e. The third kappa shape index (κ3) is 1.38. The van der Waals surface area contributed by atoms with Crippen molar-refractivity contribution in [3.8, 4) is 17.5 Å². The fourth-order valence-corrected chi connectivity index (χ4v) is 1.32. The number of rotatable bonds is 1. The average Bonchev–Trinajstić information content (AvgIpc) is 2.61. The molecule has 0 spiro atoms. The van der Waals surface area contributed by atoms with Gasteiger partial charge in [-0.15, -0.1) is 0 Å². The van der Waals surface area contributed by atoms with E-state index in [4.69, 9.17) is 5.26 Å². The van der Waals surface area contributed by atoms with Gasteiger partial charge in [-0.2, -0.15) is 5.26 Å². The predicted molar refractivity (Wildman–Crippen MR) is 53.4 cm³/mol. The molecule has 0 aliphatic carbocycles. The van der Waals surface area contributed by atoms with Crippen LogP contribution in [-0.2, 0) is 0 Å². The number of aromatic nitrogens is 2. The minimum absolute atomic E-state index is 0.714. The molecule has 0 radical (unpaired) electrons. The lowest BCUT2D eigenvalue weighted by Gasteiger charge is -1.92. The summed E-state index contributed by atoms with van der Waals surface area (Å²) in [6.45, 7) is 1.82. The van der Waals surface area contributed by atoms with Gasteiger partial charge in [0, 0.05) is 11.8 Å². The van der Waals surface area contributed by atoms with Gasteiger partial charge in [0.2, 0.25) is 0 Å². The molecule has 3 nitrogen and oxygen atoms in total. The van der Waals surface area contributed by atoms with Crippen molar-refractivity contribution in [1.29, 1.82) is 5.26 Å². The van der Waals surface area contributed by atoms with Gasteiger partial charge in [0.1, 0.15) is 5.82 Å². The SMILES string of the molecule is Cc1nc(-c2ccccc2)cn1C#N. The Bertz CT molecular complexity index is 477. The summed E-state index contributed by atoms with van der Waals surface area (Å²) in [5, 5.41) is 8.75. The first-order chi connectivity index (χ1) is 6.81. The number of aryl methyl sites for hydroxylation is 1. The molecule has 0 fully saturated rings. The quantitative estimate of drug-likeness (QED) is 0.680. The highest BCUT2D eigenvalue weighted by Crippen LogP contribution is 2.17. The highest BCUT2D eigenvalue weighted by molar-refractivity contribution is 5.58. The summed E-state index contributed by atoms with van der Waals surface area (Å²) in [5.74, 6) is 0.714. The third-order valence-electron chi connectivity index (χ3n) is 2.06. The standard InChI is InChI=1S/C11H9N3/c1-9-13-11(7-14(9)8-12)10-5-3-2-4-6-10/h2-7H,1H3. The van der Waals surface area contributed by atoms with E-state index in [-0.39, 0.29) is 0 Å². The molecule has 1 heterocycles. The molecule has 68 valence electrons. The topological polar surface area (TPSA) is 41.6 Å². The summed E-state index contributed by atoms with van der Waals surface area (Å²) >= 11 is 0. The van der Waals surface area contributed by atoms with Crippen LogP contribution in [0.1, 0.15) is 5.82 Å². The Kier molecular flexibility index (Phi) is 2.04. The normalized spacial score (nSPS) is 9.71. The van der Waals surface area contributed by atoms with Gasteiger partial charge in [-0.1, -0.05) is 30.3 Å². The van der Waals surface area contributed by atoms with Gasteiger partial charge in [0.15, 0.2) is 6.19 Å². The van der Waals surface area contributed by atoms with Crippen LogP contribution in [0.3, 0.4) is 0 Å². The molecule has 3 heteroatoms. The van der Waals surface area contributed by atoms with Crippen LogP contribution in [0.4, 0.5) is 0 Å². The van der Waals surface area contributed by atoms with Crippen molar-refractivity contribution < 1.29 is 0 Å². The zero-order valence-electron chi connectivity index (χ0n) is 7.81. The van der Waals surface area contributed by atoms with Crippen LogP contribution in [-0.4, -0.2) is 9.55 Å². The zero-order valence-corrected chi connectivity index (χ0v) is 7.81. The monoisotopic (exact) mass is 183 g/mol. The summed E-state index contributed by atoms with van der Waals surface area (Å²) < 4.78 is 1.46. The molecule has 0 saturated carbocycles. The molecule has 14 heavy (non-hydrogen) atoms. The summed E-state index contributed by atoms with van der Waals surface area (Å²) in [4.78, 5) is 4.29. The van der Waals surface area contributed by atoms with Gasteiger partial charge in [0.25, 0.3) is 0 Å². The molecule has 0 aliphatic rings. The largest absolute Gasteiger partial charge is 0.240 e. The molecule has 1 aromatic carbocycles. The summed E-state index contributed by atoms with van der Waals surface area (Å²) in [6, 6.07) is 9.82. The van der Waals surface area contributed by atoms with Gasteiger partial charge in [-0.3, -0.25) is 0 Å². The second kappa shape index (κ2) is 3.35. The van der Waals surface area contributed by atoms with E-state index >= 15 is 0 Å². The van der Waals surface area contributed by atoms with Crippen LogP contribution in [0.15, 0.2) is 36.5 Å². The van der Waals surface area contributed by atoms with Crippen LogP contribution in [0.2, 0.25) is 0 Å². The Hall–Kier alpha value is -2.08. The van der Waals surface area contributed by atoms with Crippen molar-refractivity contribution in [1.82, 2.24) is 9.55 Å². The fourth-order valence-electron chi connectivity index (χ4n) is 1.32. The number of benzene rings is 1.